The summed E-state index contributed by atoms with van der Waals surface area (Å²) in [6.45, 7) is 8.36. The van der Waals surface area contributed by atoms with Crippen molar-refractivity contribution < 1.29 is 18.7 Å². The molecule has 1 spiro atoms. The fourth-order valence-corrected chi connectivity index (χ4v) is 11.1. The Bertz CT molecular complexity index is 1970. The number of likely N-dealkylation sites (tertiary alicyclic amines) is 2. The van der Waals surface area contributed by atoms with E-state index >= 15 is 0 Å². The number of halogens is 2. The highest BCUT2D eigenvalue weighted by Gasteiger charge is 2.57. The molecule has 3 saturated heterocycles. The summed E-state index contributed by atoms with van der Waals surface area (Å²) in [5.74, 6) is 2.09. The summed E-state index contributed by atoms with van der Waals surface area (Å²) in [6, 6.07) is 8.74. The van der Waals surface area contributed by atoms with Gasteiger partial charge in [-0.15, -0.1) is 0 Å². The Morgan fingerprint density at radius 3 is 2.56 bits per heavy atom. The Hall–Kier alpha value is -3.43. The molecule has 54 heavy (non-hydrogen) atoms. The molecule has 2 unspecified atom stereocenters. The number of pyridine rings is 1. The summed E-state index contributed by atoms with van der Waals surface area (Å²) in [5.41, 5.74) is 3.76. The van der Waals surface area contributed by atoms with Crippen LogP contribution in [0.2, 0.25) is 0 Å². The predicted molar refractivity (Wildman–Crippen MR) is 213 cm³/mol. The second kappa shape index (κ2) is 13.1. The van der Waals surface area contributed by atoms with Gasteiger partial charge in [-0.1, -0.05) is 34.7 Å². The van der Waals surface area contributed by atoms with Crippen molar-refractivity contribution >= 4 is 57.8 Å². The van der Waals surface area contributed by atoms with Crippen LogP contribution in [-0.2, 0) is 19.7 Å². The molecule has 7 heterocycles. The molecule has 2 aliphatic carbocycles. The molecule has 2 saturated carbocycles. The largest absolute Gasteiger partial charge is 0.368 e. The summed E-state index contributed by atoms with van der Waals surface area (Å²) in [6.07, 6.45) is 12.5. The lowest BCUT2D eigenvalue weighted by molar-refractivity contribution is -0.144. The van der Waals surface area contributed by atoms with E-state index in [1.807, 2.05) is 11.2 Å². The van der Waals surface area contributed by atoms with Gasteiger partial charge in [-0.25, -0.2) is 9.38 Å². The number of benzene rings is 1. The van der Waals surface area contributed by atoms with Crippen LogP contribution in [0.1, 0.15) is 82.8 Å². The van der Waals surface area contributed by atoms with Crippen molar-refractivity contribution in [2.45, 2.75) is 105 Å². The van der Waals surface area contributed by atoms with Crippen molar-refractivity contribution in [1.29, 1.82) is 0 Å². The van der Waals surface area contributed by atoms with Crippen LogP contribution in [0.15, 0.2) is 58.2 Å². The highest BCUT2D eigenvalue weighted by atomic mass is 127. The van der Waals surface area contributed by atoms with Gasteiger partial charge in [0.25, 0.3) is 5.91 Å². The summed E-state index contributed by atoms with van der Waals surface area (Å²) in [5, 5.41) is 3.30. The van der Waals surface area contributed by atoms with E-state index in [1.54, 1.807) is 12.3 Å². The minimum Gasteiger partial charge on any atom is -0.368 e. The molecule has 11 nitrogen and oxygen atoms in total. The minimum atomic E-state index is -0.662. The number of anilines is 2. The van der Waals surface area contributed by atoms with Crippen LogP contribution in [0.3, 0.4) is 0 Å². The summed E-state index contributed by atoms with van der Waals surface area (Å²) in [7, 11) is 0. The zero-order valence-corrected chi connectivity index (χ0v) is 33.2. The monoisotopic (exact) mass is 846 g/mol. The molecule has 10 rings (SSSR count). The Morgan fingerprint density at radius 2 is 1.87 bits per heavy atom. The highest BCUT2D eigenvalue weighted by molar-refractivity contribution is 14.1. The maximum atomic E-state index is 15.0. The van der Waals surface area contributed by atoms with E-state index in [9.17, 15) is 14.0 Å². The summed E-state index contributed by atoms with van der Waals surface area (Å²) < 4.78 is 20.8. The molecule has 13 heteroatoms. The first-order valence-corrected chi connectivity index (χ1v) is 21.2. The van der Waals surface area contributed by atoms with E-state index in [2.05, 4.69) is 79.6 Å². The number of fused-ring (bicyclic) bond motifs is 4. The number of rotatable bonds is 7. The first-order valence-electron chi connectivity index (χ1n) is 19.9. The number of nitrogens with zero attached hydrogens (tertiary/aromatic N) is 7. The number of carbonyl (C=O) groups excluding carboxylic acids is 2. The lowest BCUT2D eigenvalue weighted by Gasteiger charge is -2.46. The van der Waals surface area contributed by atoms with Crippen LogP contribution < -0.4 is 10.2 Å². The second-order valence-electron chi connectivity index (χ2n) is 17.1. The van der Waals surface area contributed by atoms with Crippen LogP contribution in [0, 0.1) is 17.7 Å². The molecule has 0 radical (unpaired) electrons. The zero-order valence-electron chi connectivity index (χ0n) is 31.0. The maximum Gasteiger partial charge on any atom is 0.251 e. The van der Waals surface area contributed by atoms with Crippen molar-refractivity contribution in [3.05, 3.63) is 65.1 Å². The zero-order chi connectivity index (χ0) is 36.9. The van der Waals surface area contributed by atoms with Gasteiger partial charge in [0.05, 0.1) is 39.1 Å². The second-order valence-corrected chi connectivity index (χ2v) is 18.9. The molecular weight excluding hydrogens is 798 g/mol. The van der Waals surface area contributed by atoms with Gasteiger partial charge in [0.15, 0.2) is 11.6 Å². The van der Waals surface area contributed by atoms with E-state index < -0.39 is 16.8 Å². The van der Waals surface area contributed by atoms with Crippen LogP contribution in [0.4, 0.5) is 15.8 Å². The third-order valence-electron chi connectivity index (χ3n) is 14.0. The van der Waals surface area contributed by atoms with Gasteiger partial charge in [0.2, 0.25) is 5.91 Å². The molecule has 2 amide bonds. The molecular formula is C41H48FIN8O3. The first-order chi connectivity index (χ1) is 26.1. The van der Waals surface area contributed by atoms with Crippen molar-refractivity contribution in [3.63, 3.8) is 0 Å². The number of nitrogens with one attached hydrogen (secondary N) is 1. The van der Waals surface area contributed by atoms with Crippen LogP contribution in [-0.4, -0.2) is 104 Å². The van der Waals surface area contributed by atoms with E-state index in [1.165, 1.54) is 32.1 Å². The molecule has 5 atom stereocenters. The van der Waals surface area contributed by atoms with Gasteiger partial charge in [-0.3, -0.25) is 24.5 Å². The molecule has 1 N–H and O–H groups in total. The number of carbonyl (C=O) groups is 2. The molecule has 1 aromatic carbocycles. The predicted octanol–water partition coefficient (Wildman–Crippen LogP) is 5.84. The van der Waals surface area contributed by atoms with E-state index in [4.69, 9.17) is 14.7 Å². The Labute approximate surface area is 329 Å². The Balaban J connectivity index is 0.996. The van der Waals surface area contributed by atoms with Gasteiger partial charge < -0.3 is 24.8 Å². The Kier molecular flexibility index (Phi) is 8.48. The van der Waals surface area contributed by atoms with E-state index in [0.29, 0.717) is 56.5 Å². The molecule has 8 aliphatic rings. The van der Waals surface area contributed by atoms with E-state index in [0.717, 1.165) is 65.7 Å². The topological polar surface area (TPSA) is 106 Å². The number of aromatic nitrogens is 1. The fourth-order valence-electron chi connectivity index (χ4n) is 10.6. The lowest BCUT2D eigenvalue weighted by atomic mass is 9.73. The lowest BCUT2D eigenvalue weighted by Crippen LogP contribution is -2.58. The number of ether oxygens (including phenoxy) is 1. The van der Waals surface area contributed by atoms with Crippen LogP contribution >= 0.6 is 22.6 Å². The van der Waals surface area contributed by atoms with Crippen LogP contribution in [0.5, 0.6) is 0 Å². The van der Waals surface area contributed by atoms with Crippen molar-refractivity contribution in [1.82, 2.24) is 19.7 Å². The van der Waals surface area contributed by atoms with E-state index in [-0.39, 0.29) is 28.0 Å². The molecule has 2 aromatic rings. The molecule has 284 valence electrons. The van der Waals surface area contributed by atoms with Gasteiger partial charge in [0.1, 0.15) is 11.6 Å². The number of piperidine rings is 1. The average Bonchev–Trinajstić information content (AvgIpc) is 3.91. The number of alkyl halides is 1. The van der Waals surface area contributed by atoms with Crippen molar-refractivity contribution in [2.24, 2.45) is 21.8 Å². The molecule has 6 aliphatic heterocycles. The third kappa shape index (κ3) is 5.48. The van der Waals surface area contributed by atoms with Crippen molar-refractivity contribution in [3.8, 4) is 0 Å². The normalized spacial score (nSPS) is 33.0. The standard InChI is InChI=1S/C41H48FIN8O3/c1-24(43)50-23-45-40(2)19-33(47-37(36(40)50)46-32-9-12-44-20-31(32)42)25-7-8-30-34(16-25)51(29-17-28(18-29)49-21-26-5-6-27(26)22-49)39(53)41(30)10-13-48(14-11-41)38(52)35-4-3-15-54-35/h7-9,12,16,20,23-24,26-29,35H,3-6,10-11,13-15,17-19,21-22H2,1-2H3,(H,44,46)/t24?,26-,27+,28?,29?,35-,40?/m0/s1. The number of aliphatic imine (C=N–C) groups is 2. The molecule has 5 fully saturated rings. The third-order valence-corrected chi connectivity index (χ3v) is 14.6. The molecule has 1 aromatic heterocycles. The van der Waals surface area contributed by atoms with Gasteiger partial charge in [-0.2, -0.15) is 0 Å². The van der Waals surface area contributed by atoms with Gasteiger partial charge >= 0.3 is 0 Å². The minimum absolute atomic E-state index is 0.0685. The molecule has 0 bridgehead atoms. The summed E-state index contributed by atoms with van der Waals surface area (Å²) in [4.78, 5) is 51.4. The van der Waals surface area contributed by atoms with Crippen molar-refractivity contribution in [2.75, 3.05) is 43.0 Å². The highest BCUT2D eigenvalue weighted by Crippen LogP contribution is 2.53. The first kappa shape index (κ1) is 35.0. The fraction of sp³-hybridized carbons (Fsp3) is 0.585. The van der Waals surface area contributed by atoms with Crippen LogP contribution in [0.25, 0.3) is 0 Å². The smallest absolute Gasteiger partial charge is 0.251 e. The Morgan fingerprint density at radius 1 is 1.09 bits per heavy atom. The average molecular weight is 847 g/mol. The number of hydrogen-bond donors (Lipinski definition) is 1. The van der Waals surface area contributed by atoms with Gasteiger partial charge in [-0.05, 0) is 100 Å². The number of amides is 2. The van der Waals surface area contributed by atoms with Gasteiger partial charge in [0, 0.05) is 63.2 Å². The quantitative estimate of drug-likeness (QED) is 0.212. The maximum absolute atomic E-state index is 15.0. The summed E-state index contributed by atoms with van der Waals surface area (Å²) >= 11 is 2.37. The SMILES string of the molecule is CC(I)N1C=NC2(C)CC(c3ccc4c(c3)N(C3CC(N5C[C@H]6CC[C@H]6C5)C3)C(=O)C43CCN(C(=O)[C@@H]4CCCO4)CC3)=NC(Nc3ccncc3F)=C12. The number of hydrogen-bond acceptors (Lipinski definition) is 9.